The number of halogens is 2. The van der Waals surface area contributed by atoms with Crippen molar-refractivity contribution in [1.82, 2.24) is 0 Å². The smallest absolute Gasteiger partial charge is 0.163 e. The van der Waals surface area contributed by atoms with Crippen molar-refractivity contribution in [2.45, 2.75) is 31.7 Å². The first-order chi connectivity index (χ1) is 8.68. The standard InChI is InChI=1S/C14H19F2NO/c15-12-6-2-5-11(14(12)16)13(17)9-18-8-7-10-3-1-4-10/h2,5-6,10,13H,1,3-4,7-9,17H2. The van der Waals surface area contributed by atoms with E-state index in [-0.39, 0.29) is 12.2 Å². The molecule has 1 fully saturated rings. The first-order valence-electron chi connectivity index (χ1n) is 6.45. The van der Waals surface area contributed by atoms with Crippen molar-refractivity contribution in [3.8, 4) is 0 Å². The molecule has 2 nitrogen and oxygen atoms in total. The SMILES string of the molecule is NC(COCCC1CCC1)c1cccc(F)c1F. The van der Waals surface area contributed by atoms with E-state index in [1.165, 1.54) is 31.4 Å². The van der Waals surface area contributed by atoms with E-state index in [9.17, 15) is 8.78 Å². The van der Waals surface area contributed by atoms with Gasteiger partial charge in [0, 0.05) is 12.2 Å². The van der Waals surface area contributed by atoms with Crippen LogP contribution in [-0.2, 0) is 4.74 Å². The van der Waals surface area contributed by atoms with Gasteiger partial charge in [0.1, 0.15) is 0 Å². The molecule has 4 heteroatoms. The van der Waals surface area contributed by atoms with Gasteiger partial charge in [-0.25, -0.2) is 8.78 Å². The lowest BCUT2D eigenvalue weighted by molar-refractivity contribution is 0.0954. The zero-order chi connectivity index (χ0) is 13.0. The summed E-state index contributed by atoms with van der Waals surface area (Å²) in [7, 11) is 0. The fourth-order valence-corrected chi connectivity index (χ4v) is 2.14. The van der Waals surface area contributed by atoms with Crippen LogP contribution in [0.15, 0.2) is 18.2 Å². The highest BCUT2D eigenvalue weighted by Crippen LogP contribution is 2.29. The van der Waals surface area contributed by atoms with Gasteiger partial charge in [-0.15, -0.1) is 0 Å². The van der Waals surface area contributed by atoms with Crippen LogP contribution in [0.1, 0.15) is 37.3 Å². The predicted octanol–water partition coefficient (Wildman–Crippen LogP) is 3.17. The van der Waals surface area contributed by atoms with E-state index in [1.54, 1.807) is 0 Å². The number of benzene rings is 1. The van der Waals surface area contributed by atoms with Gasteiger partial charge in [0.05, 0.1) is 12.6 Å². The van der Waals surface area contributed by atoms with Crippen molar-refractivity contribution in [2.75, 3.05) is 13.2 Å². The first kappa shape index (κ1) is 13.4. The molecule has 0 radical (unpaired) electrons. The Balaban J connectivity index is 1.76. The van der Waals surface area contributed by atoms with Crippen molar-refractivity contribution < 1.29 is 13.5 Å². The number of hydrogen-bond donors (Lipinski definition) is 1. The molecule has 0 bridgehead atoms. The maximum Gasteiger partial charge on any atom is 0.163 e. The summed E-state index contributed by atoms with van der Waals surface area (Å²) in [5.41, 5.74) is 5.98. The maximum atomic E-state index is 13.4. The van der Waals surface area contributed by atoms with Gasteiger partial charge in [-0.1, -0.05) is 31.4 Å². The summed E-state index contributed by atoms with van der Waals surface area (Å²) in [6.45, 7) is 0.877. The van der Waals surface area contributed by atoms with Crippen molar-refractivity contribution in [1.29, 1.82) is 0 Å². The molecule has 100 valence electrons. The molecule has 2 N–H and O–H groups in total. The van der Waals surface area contributed by atoms with Gasteiger partial charge in [-0.2, -0.15) is 0 Å². The zero-order valence-corrected chi connectivity index (χ0v) is 10.4. The molecule has 1 aliphatic carbocycles. The Morgan fingerprint density at radius 1 is 1.33 bits per heavy atom. The van der Waals surface area contributed by atoms with Gasteiger partial charge in [0.15, 0.2) is 11.6 Å². The maximum absolute atomic E-state index is 13.4. The Hall–Kier alpha value is -1.00. The fourth-order valence-electron chi connectivity index (χ4n) is 2.14. The summed E-state index contributed by atoms with van der Waals surface area (Å²) >= 11 is 0. The molecule has 2 rings (SSSR count). The topological polar surface area (TPSA) is 35.2 Å². The molecule has 0 aromatic heterocycles. The molecule has 0 amide bonds. The lowest BCUT2D eigenvalue weighted by Gasteiger charge is -2.25. The van der Waals surface area contributed by atoms with Crippen molar-refractivity contribution in [3.63, 3.8) is 0 Å². The number of hydrogen-bond acceptors (Lipinski definition) is 2. The monoisotopic (exact) mass is 255 g/mol. The van der Waals surface area contributed by atoms with Gasteiger partial charge in [-0.3, -0.25) is 0 Å². The van der Waals surface area contributed by atoms with Crippen LogP contribution in [0.5, 0.6) is 0 Å². The van der Waals surface area contributed by atoms with Crippen LogP contribution in [0.3, 0.4) is 0 Å². The van der Waals surface area contributed by atoms with Crippen LogP contribution in [0.25, 0.3) is 0 Å². The Morgan fingerprint density at radius 2 is 2.11 bits per heavy atom. The summed E-state index contributed by atoms with van der Waals surface area (Å²) in [6, 6.07) is 3.44. The Kier molecular flexibility index (Phi) is 4.66. The van der Waals surface area contributed by atoms with Crippen LogP contribution in [0.2, 0.25) is 0 Å². The van der Waals surface area contributed by atoms with Gasteiger partial charge in [-0.05, 0) is 18.4 Å². The molecule has 1 aromatic rings. The number of nitrogens with two attached hydrogens (primary N) is 1. The lowest BCUT2D eigenvalue weighted by atomic mass is 9.83. The molecular formula is C14H19F2NO. The van der Waals surface area contributed by atoms with E-state index < -0.39 is 17.7 Å². The normalized spacial score (nSPS) is 17.5. The van der Waals surface area contributed by atoms with Crippen molar-refractivity contribution in [3.05, 3.63) is 35.4 Å². The molecule has 0 aliphatic heterocycles. The molecule has 1 aromatic carbocycles. The Labute approximate surface area is 106 Å². The first-order valence-corrected chi connectivity index (χ1v) is 6.45. The fraction of sp³-hybridized carbons (Fsp3) is 0.571. The summed E-state index contributed by atoms with van der Waals surface area (Å²) in [4.78, 5) is 0. The van der Waals surface area contributed by atoms with Gasteiger partial charge in [0.2, 0.25) is 0 Å². The van der Waals surface area contributed by atoms with E-state index in [1.807, 2.05) is 0 Å². The molecule has 1 saturated carbocycles. The van der Waals surface area contributed by atoms with Crippen molar-refractivity contribution >= 4 is 0 Å². The van der Waals surface area contributed by atoms with Gasteiger partial charge >= 0.3 is 0 Å². The molecule has 1 aliphatic rings. The third kappa shape index (κ3) is 3.27. The minimum absolute atomic E-state index is 0.179. The van der Waals surface area contributed by atoms with Crippen LogP contribution in [0.4, 0.5) is 8.78 Å². The van der Waals surface area contributed by atoms with Crippen LogP contribution in [0, 0.1) is 17.6 Å². The summed E-state index contributed by atoms with van der Waals surface area (Å²) < 4.78 is 31.9. The third-order valence-electron chi connectivity index (χ3n) is 3.57. The quantitative estimate of drug-likeness (QED) is 0.792. The zero-order valence-electron chi connectivity index (χ0n) is 10.4. The number of ether oxygens (including phenoxy) is 1. The van der Waals surface area contributed by atoms with Crippen molar-refractivity contribution in [2.24, 2.45) is 11.7 Å². The molecular weight excluding hydrogens is 236 g/mol. The second kappa shape index (κ2) is 6.25. The van der Waals surface area contributed by atoms with E-state index in [0.29, 0.717) is 6.61 Å². The highest BCUT2D eigenvalue weighted by molar-refractivity contribution is 5.22. The minimum Gasteiger partial charge on any atom is -0.379 e. The molecule has 0 heterocycles. The Morgan fingerprint density at radius 3 is 2.78 bits per heavy atom. The van der Waals surface area contributed by atoms with Crippen LogP contribution in [-0.4, -0.2) is 13.2 Å². The van der Waals surface area contributed by atoms with E-state index in [2.05, 4.69) is 0 Å². The molecule has 1 unspecified atom stereocenters. The number of rotatable bonds is 6. The Bertz CT molecular complexity index is 393. The largest absolute Gasteiger partial charge is 0.379 e. The second-order valence-corrected chi connectivity index (χ2v) is 4.91. The second-order valence-electron chi connectivity index (χ2n) is 4.91. The average molecular weight is 255 g/mol. The third-order valence-corrected chi connectivity index (χ3v) is 3.57. The van der Waals surface area contributed by atoms with Crippen LogP contribution < -0.4 is 5.73 Å². The van der Waals surface area contributed by atoms with Crippen LogP contribution >= 0.6 is 0 Å². The molecule has 18 heavy (non-hydrogen) atoms. The predicted molar refractivity (Wildman–Crippen MR) is 66.1 cm³/mol. The highest BCUT2D eigenvalue weighted by Gasteiger charge is 2.18. The summed E-state index contributed by atoms with van der Waals surface area (Å²) in [5, 5.41) is 0. The minimum atomic E-state index is -0.868. The van der Waals surface area contributed by atoms with Gasteiger partial charge in [0.25, 0.3) is 0 Å². The summed E-state index contributed by atoms with van der Waals surface area (Å²) in [5.74, 6) is -0.947. The average Bonchev–Trinajstić information content (AvgIpc) is 2.30. The van der Waals surface area contributed by atoms with E-state index in [4.69, 9.17) is 10.5 Å². The molecule has 0 spiro atoms. The van der Waals surface area contributed by atoms with E-state index in [0.717, 1.165) is 18.4 Å². The van der Waals surface area contributed by atoms with E-state index >= 15 is 0 Å². The highest BCUT2D eigenvalue weighted by atomic mass is 19.2. The lowest BCUT2D eigenvalue weighted by Crippen LogP contribution is -2.20. The summed E-state index contributed by atoms with van der Waals surface area (Å²) in [6.07, 6.45) is 4.93. The van der Waals surface area contributed by atoms with Gasteiger partial charge < -0.3 is 10.5 Å². The molecule has 1 atom stereocenters. The molecule has 0 saturated heterocycles.